The van der Waals surface area contributed by atoms with Crippen molar-refractivity contribution in [2.24, 2.45) is 10.1 Å². The van der Waals surface area contributed by atoms with Crippen molar-refractivity contribution >= 4 is 22.6 Å². The lowest BCUT2D eigenvalue weighted by Gasteiger charge is -2.28. The van der Waals surface area contributed by atoms with Gasteiger partial charge in [-0.1, -0.05) is 59.4 Å². The zero-order valence-corrected chi connectivity index (χ0v) is 15.9. The third-order valence-corrected chi connectivity index (χ3v) is 4.90. The Kier molecular flexibility index (Phi) is 4.81. The Labute approximate surface area is 143 Å². The SMILES string of the molecule is CN=C1NN=C(c2cc(C(C)(C)C)cc(C(C)(C)C)c2O)CS1. The second-order valence-corrected chi connectivity index (χ2v) is 8.87. The molecule has 0 saturated carbocycles. The molecule has 0 aromatic heterocycles. The van der Waals surface area contributed by atoms with E-state index in [1.165, 1.54) is 5.56 Å². The van der Waals surface area contributed by atoms with Crippen molar-refractivity contribution in [3.05, 3.63) is 28.8 Å². The molecule has 0 unspecified atom stereocenters. The summed E-state index contributed by atoms with van der Waals surface area (Å²) in [7, 11) is 1.74. The van der Waals surface area contributed by atoms with Gasteiger partial charge in [-0.2, -0.15) is 5.10 Å². The average Bonchev–Trinajstić information content (AvgIpc) is 2.45. The maximum atomic E-state index is 10.8. The van der Waals surface area contributed by atoms with Gasteiger partial charge in [0.25, 0.3) is 0 Å². The maximum absolute atomic E-state index is 10.8. The van der Waals surface area contributed by atoms with E-state index in [1.54, 1.807) is 18.8 Å². The van der Waals surface area contributed by atoms with Gasteiger partial charge in [0.15, 0.2) is 5.17 Å². The highest BCUT2D eigenvalue weighted by molar-refractivity contribution is 8.14. The van der Waals surface area contributed by atoms with Crippen LogP contribution in [0, 0.1) is 0 Å². The fraction of sp³-hybridized carbons (Fsp3) is 0.556. The highest BCUT2D eigenvalue weighted by Gasteiger charge is 2.27. The first kappa shape index (κ1) is 17.9. The van der Waals surface area contributed by atoms with Crippen LogP contribution in [-0.2, 0) is 10.8 Å². The number of hydrogen-bond donors (Lipinski definition) is 2. The summed E-state index contributed by atoms with van der Waals surface area (Å²) in [5.41, 5.74) is 6.67. The number of benzene rings is 1. The molecule has 0 fully saturated rings. The molecule has 1 heterocycles. The van der Waals surface area contributed by atoms with Crippen LogP contribution in [0.5, 0.6) is 5.75 Å². The van der Waals surface area contributed by atoms with Crippen LogP contribution in [0.1, 0.15) is 58.2 Å². The molecule has 5 heteroatoms. The maximum Gasteiger partial charge on any atom is 0.177 e. The minimum Gasteiger partial charge on any atom is -0.507 e. The van der Waals surface area contributed by atoms with Crippen LogP contribution in [0.2, 0.25) is 0 Å². The van der Waals surface area contributed by atoms with E-state index in [4.69, 9.17) is 0 Å². The molecule has 4 nitrogen and oxygen atoms in total. The molecule has 0 bridgehead atoms. The molecule has 0 atom stereocenters. The van der Waals surface area contributed by atoms with Gasteiger partial charge in [0.1, 0.15) is 5.75 Å². The third-order valence-electron chi connectivity index (χ3n) is 3.93. The summed E-state index contributed by atoms with van der Waals surface area (Å²) in [5.74, 6) is 1.04. The van der Waals surface area contributed by atoms with E-state index in [0.717, 1.165) is 22.0 Å². The van der Waals surface area contributed by atoms with Crippen molar-refractivity contribution in [1.29, 1.82) is 0 Å². The Morgan fingerprint density at radius 3 is 2.22 bits per heavy atom. The van der Waals surface area contributed by atoms with Gasteiger partial charge in [-0.25, -0.2) is 0 Å². The molecule has 126 valence electrons. The number of phenolic OH excluding ortho intramolecular Hbond substituents is 1. The third kappa shape index (κ3) is 3.89. The summed E-state index contributed by atoms with van der Waals surface area (Å²) in [5, 5.41) is 16.1. The van der Waals surface area contributed by atoms with Gasteiger partial charge in [-0.05, 0) is 22.5 Å². The Hall–Kier alpha value is -1.49. The molecule has 0 spiro atoms. The standard InChI is InChI=1S/C18H27N3OS/c1-17(2,3)11-8-12(14-10-23-16(19-7)21-20-14)15(22)13(9-11)18(4,5)6/h8-9,22H,10H2,1-7H3,(H,19,21). The molecule has 0 aliphatic carbocycles. The van der Waals surface area contributed by atoms with Gasteiger partial charge in [-0.3, -0.25) is 10.4 Å². The number of phenols is 1. The van der Waals surface area contributed by atoms with Crippen molar-refractivity contribution in [2.75, 3.05) is 12.8 Å². The van der Waals surface area contributed by atoms with Crippen molar-refractivity contribution in [3.63, 3.8) is 0 Å². The summed E-state index contributed by atoms with van der Waals surface area (Å²) in [4.78, 5) is 4.11. The van der Waals surface area contributed by atoms with Crippen LogP contribution in [-0.4, -0.2) is 28.8 Å². The van der Waals surface area contributed by atoms with E-state index in [9.17, 15) is 5.11 Å². The normalized spacial score (nSPS) is 17.9. The van der Waals surface area contributed by atoms with Crippen molar-refractivity contribution in [3.8, 4) is 5.75 Å². The molecule has 23 heavy (non-hydrogen) atoms. The van der Waals surface area contributed by atoms with E-state index in [0.29, 0.717) is 11.5 Å². The Balaban J connectivity index is 2.61. The second-order valence-electron chi connectivity index (χ2n) is 7.91. The molecule has 0 amide bonds. The van der Waals surface area contributed by atoms with Crippen LogP contribution < -0.4 is 5.43 Å². The zero-order valence-electron chi connectivity index (χ0n) is 15.1. The van der Waals surface area contributed by atoms with Gasteiger partial charge in [0.05, 0.1) is 5.71 Å². The minimum absolute atomic E-state index is 0.00822. The molecule has 0 saturated heterocycles. The number of hydrazone groups is 1. The number of aromatic hydroxyl groups is 1. The lowest BCUT2D eigenvalue weighted by molar-refractivity contribution is 0.443. The van der Waals surface area contributed by atoms with Crippen molar-refractivity contribution in [2.45, 2.75) is 52.4 Å². The highest BCUT2D eigenvalue weighted by atomic mass is 32.2. The highest BCUT2D eigenvalue weighted by Crippen LogP contribution is 2.38. The molecular weight excluding hydrogens is 306 g/mol. The molecule has 2 N–H and O–H groups in total. The van der Waals surface area contributed by atoms with Crippen molar-refractivity contribution < 1.29 is 5.11 Å². The number of amidine groups is 1. The fourth-order valence-corrected chi connectivity index (χ4v) is 3.16. The van der Waals surface area contributed by atoms with Crippen LogP contribution in [0.25, 0.3) is 0 Å². The lowest BCUT2D eigenvalue weighted by atomic mass is 9.78. The first-order valence-corrected chi connectivity index (χ1v) is 8.83. The Bertz CT molecular complexity index is 664. The minimum atomic E-state index is -0.133. The lowest BCUT2D eigenvalue weighted by Crippen LogP contribution is -2.26. The van der Waals surface area contributed by atoms with E-state index < -0.39 is 0 Å². The first-order valence-electron chi connectivity index (χ1n) is 7.84. The fourth-order valence-electron chi connectivity index (χ4n) is 2.43. The van der Waals surface area contributed by atoms with E-state index >= 15 is 0 Å². The van der Waals surface area contributed by atoms with Gasteiger partial charge >= 0.3 is 0 Å². The van der Waals surface area contributed by atoms with Gasteiger partial charge in [-0.15, -0.1) is 0 Å². The average molecular weight is 334 g/mol. The molecule has 1 aromatic rings. The number of aliphatic imine (C=N–C) groups is 1. The topological polar surface area (TPSA) is 57.0 Å². The summed E-state index contributed by atoms with van der Waals surface area (Å²) >= 11 is 1.60. The van der Waals surface area contributed by atoms with E-state index in [2.05, 4.69) is 69.2 Å². The van der Waals surface area contributed by atoms with Crippen molar-refractivity contribution in [1.82, 2.24) is 5.43 Å². The van der Waals surface area contributed by atoms with Gasteiger partial charge < -0.3 is 5.11 Å². The smallest absolute Gasteiger partial charge is 0.177 e. The predicted octanol–water partition coefficient (Wildman–Crippen LogP) is 4.01. The van der Waals surface area contributed by atoms with Gasteiger partial charge in [0, 0.05) is 23.9 Å². The summed E-state index contributed by atoms with van der Waals surface area (Å²) in [6.45, 7) is 12.9. The quantitative estimate of drug-likeness (QED) is 0.816. The van der Waals surface area contributed by atoms with Gasteiger partial charge in [0.2, 0.25) is 0 Å². The molecule has 1 aliphatic rings. The largest absolute Gasteiger partial charge is 0.507 e. The molecule has 2 rings (SSSR count). The number of rotatable bonds is 1. The van der Waals surface area contributed by atoms with E-state index in [-0.39, 0.29) is 10.8 Å². The number of hydrogen-bond acceptors (Lipinski definition) is 4. The Morgan fingerprint density at radius 2 is 1.78 bits per heavy atom. The molecule has 1 aliphatic heterocycles. The van der Waals surface area contributed by atoms with Crippen LogP contribution in [0.3, 0.4) is 0 Å². The monoisotopic (exact) mass is 333 g/mol. The Morgan fingerprint density at radius 1 is 1.13 bits per heavy atom. The number of thioether (sulfide) groups is 1. The zero-order chi connectivity index (χ0) is 17.4. The van der Waals surface area contributed by atoms with E-state index in [1.807, 2.05) is 0 Å². The molecule has 1 aromatic carbocycles. The summed E-state index contributed by atoms with van der Waals surface area (Å²) in [6.07, 6.45) is 0. The van der Waals surface area contributed by atoms with Crippen LogP contribution >= 0.6 is 11.8 Å². The van der Waals surface area contributed by atoms with Crippen LogP contribution in [0.15, 0.2) is 22.2 Å². The number of nitrogens with one attached hydrogen (secondary N) is 1. The second kappa shape index (κ2) is 6.19. The number of nitrogens with zero attached hydrogens (tertiary/aromatic N) is 2. The predicted molar refractivity (Wildman–Crippen MR) is 101 cm³/mol. The molecular formula is C18H27N3OS. The summed E-state index contributed by atoms with van der Waals surface area (Å²) in [6, 6.07) is 4.20. The summed E-state index contributed by atoms with van der Waals surface area (Å²) < 4.78 is 0. The molecule has 0 radical (unpaired) electrons. The van der Waals surface area contributed by atoms with Crippen LogP contribution in [0.4, 0.5) is 0 Å². The first-order chi connectivity index (χ1) is 10.5.